The van der Waals surface area contributed by atoms with Gasteiger partial charge in [0.2, 0.25) is 0 Å². The zero-order chi connectivity index (χ0) is 53.5. The first-order valence-electron chi connectivity index (χ1n) is 24.3. The van der Waals surface area contributed by atoms with Crippen LogP contribution in [0.2, 0.25) is 10.0 Å². The fraction of sp³-hybridized carbons (Fsp3) is 0.635. The first-order valence-corrected chi connectivity index (χ1v) is 25.0. The third-order valence-corrected chi connectivity index (χ3v) is 14.3. The molecule has 0 radical (unpaired) electrons. The zero-order valence-electron chi connectivity index (χ0n) is 42.5. The van der Waals surface area contributed by atoms with Gasteiger partial charge in [-0.05, 0) is 95.9 Å². The predicted octanol–water partition coefficient (Wildman–Crippen LogP) is 5.99. The third-order valence-electron chi connectivity index (χ3n) is 13.5. The molecule has 4 heterocycles. The van der Waals surface area contributed by atoms with Crippen LogP contribution in [-0.4, -0.2) is 153 Å². The lowest BCUT2D eigenvalue weighted by Gasteiger charge is -2.51. The van der Waals surface area contributed by atoms with E-state index in [0.717, 1.165) is 0 Å². The van der Waals surface area contributed by atoms with E-state index in [0.29, 0.717) is 23.1 Å². The highest BCUT2D eigenvalue weighted by atomic mass is 35.5. The number of fused-ring (bicyclic) bond motifs is 3. The Morgan fingerprint density at radius 2 is 1.62 bits per heavy atom. The average molecular weight is 1060 g/mol. The molecule has 3 saturated heterocycles. The van der Waals surface area contributed by atoms with Crippen molar-refractivity contribution in [3.05, 3.63) is 79.9 Å². The molecular formula is C52H72Cl2O18. The highest BCUT2D eigenvalue weighted by Crippen LogP contribution is 2.46. The molecule has 72 heavy (non-hydrogen) atoms. The van der Waals surface area contributed by atoms with Crippen molar-refractivity contribution < 1.29 is 88.0 Å². The number of benzene rings is 1. The number of aromatic hydroxyl groups is 2. The number of carbonyl (C=O) groups is 3. The van der Waals surface area contributed by atoms with Crippen LogP contribution >= 0.6 is 23.2 Å². The maximum absolute atomic E-state index is 13.9. The maximum Gasteiger partial charge on any atom is 0.342 e. The average Bonchev–Trinajstić information content (AvgIpc) is 3.31. The molecule has 1 aromatic rings. The van der Waals surface area contributed by atoms with E-state index in [1.54, 1.807) is 32.9 Å². The number of hydrogen-bond acceptors (Lipinski definition) is 18. The van der Waals surface area contributed by atoms with Crippen LogP contribution in [-0.2, 0) is 53.9 Å². The Morgan fingerprint density at radius 1 is 0.931 bits per heavy atom. The Kier molecular flexibility index (Phi) is 20.9. The van der Waals surface area contributed by atoms with E-state index in [1.165, 1.54) is 33.1 Å². The number of esters is 3. The van der Waals surface area contributed by atoms with E-state index in [-0.39, 0.29) is 54.2 Å². The van der Waals surface area contributed by atoms with Gasteiger partial charge in [-0.25, -0.2) is 9.59 Å². The van der Waals surface area contributed by atoms with Gasteiger partial charge < -0.3 is 73.6 Å². The van der Waals surface area contributed by atoms with Gasteiger partial charge in [0.1, 0.15) is 46.7 Å². The number of hydrogen-bond donors (Lipinski definition) is 7. The molecule has 402 valence electrons. The van der Waals surface area contributed by atoms with Gasteiger partial charge in [0.15, 0.2) is 36.3 Å². The Labute approximate surface area is 430 Å². The zero-order valence-corrected chi connectivity index (χ0v) is 44.0. The minimum absolute atomic E-state index is 0.00102. The molecule has 20 heteroatoms. The lowest BCUT2D eigenvalue weighted by Crippen LogP contribution is -2.66. The van der Waals surface area contributed by atoms with Crippen LogP contribution in [0.1, 0.15) is 110 Å². The van der Waals surface area contributed by atoms with E-state index >= 15 is 0 Å². The highest BCUT2D eigenvalue weighted by Gasteiger charge is 2.56. The molecule has 0 saturated carbocycles. The van der Waals surface area contributed by atoms with Gasteiger partial charge in [-0.2, -0.15) is 0 Å². The lowest BCUT2D eigenvalue weighted by atomic mass is 9.78. The van der Waals surface area contributed by atoms with Crippen LogP contribution in [0.25, 0.3) is 0 Å². The number of cyclic esters (lactones) is 1. The predicted molar refractivity (Wildman–Crippen MR) is 263 cm³/mol. The number of methoxy groups -OCH3 is 1. The first-order chi connectivity index (χ1) is 33.8. The summed E-state index contributed by atoms with van der Waals surface area (Å²) in [7, 11) is 1.26. The maximum atomic E-state index is 13.9. The van der Waals surface area contributed by atoms with Gasteiger partial charge in [-0.3, -0.25) is 4.79 Å². The van der Waals surface area contributed by atoms with E-state index in [1.807, 2.05) is 39.8 Å². The van der Waals surface area contributed by atoms with Crippen LogP contribution in [0.4, 0.5) is 0 Å². The number of phenols is 2. The highest BCUT2D eigenvalue weighted by molar-refractivity contribution is 6.39. The van der Waals surface area contributed by atoms with E-state index < -0.39 is 138 Å². The molecule has 1 aromatic carbocycles. The van der Waals surface area contributed by atoms with Crippen molar-refractivity contribution in [2.75, 3.05) is 13.7 Å². The molecule has 15 atom stereocenters. The van der Waals surface area contributed by atoms with Gasteiger partial charge in [0, 0.05) is 25.9 Å². The van der Waals surface area contributed by atoms with Crippen molar-refractivity contribution in [2.45, 2.75) is 186 Å². The number of carbonyl (C=O) groups excluding carboxylic acids is 3. The summed E-state index contributed by atoms with van der Waals surface area (Å²) in [4.78, 5) is 40.3. The number of rotatable bonds is 11. The second-order valence-electron chi connectivity index (χ2n) is 19.7. The number of aliphatic hydroxyl groups is 5. The summed E-state index contributed by atoms with van der Waals surface area (Å²) in [6.45, 7) is 15.0. The molecule has 7 N–H and O–H groups in total. The molecule has 4 aliphatic rings. The van der Waals surface area contributed by atoms with Gasteiger partial charge in [0.05, 0.1) is 41.6 Å². The largest absolute Gasteiger partial charge is 0.505 e. The van der Waals surface area contributed by atoms with Crippen LogP contribution in [0, 0.1) is 11.8 Å². The summed E-state index contributed by atoms with van der Waals surface area (Å²) in [6, 6.07) is 0. The minimum atomic E-state index is -1.57. The van der Waals surface area contributed by atoms with Crippen molar-refractivity contribution in [2.24, 2.45) is 11.8 Å². The molecule has 0 aromatic heterocycles. The van der Waals surface area contributed by atoms with E-state index in [2.05, 4.69) is 0 Å². The fourth-order valence-corrected chi connectivity index (χ4v) is 9.88. The molecule has 2 bridgehead atoms. The van der Waals surface area contributed by atoms with Crippen molar-refractivity contribution >= 4 is 41.1 Å². The second kappa shape index (κ2) is 25.6. The Morgan fingerprint density at radius 3 is 2.26 bits per heavy atom. The molecule has 0 spiro atoms. The molecule has 4 aliphatic heterocycles. The minimum Gasteiger partial charge on any atom is -0.505 e. The summed E-state index contributed by atoms with van der Waals surface area (Å²) in [5.41, 5.74) is 0.400. The Balaban J connectivity index is 1.40. The standard InChI is InChI=1S/C52H72Cl2O18/c1-11-32-36(39(58)38(54)40(59)37(32)53)49(64)70-45-29(8)67-51(46(65-10)43(45)62)66-23-31-14-12-13-15-33(56)26(5)22-30-18-19-52(9)47(69-35(57)20-24(2)3)41(60)42(61)50(72-52)71-44(30)27(6)21-25(4)16-17-34(28(7)55)68-48(31)63/h12-14,16,21-22,24,28-30,33-34,41-47,50-51,55-56,58-62H,11,15,17-20,23H2,1-10H3/b13-12+,25-16+,26-22+,27-21+,31-14+. The van der Waals surface area contributed by atoms with Crippen molar-refractivity contribution in [1.29, 1.82) is 0 Å². The number of halogens is 2. The molecule has 5 rings (SSSR count). The van der Waals surface area contributed by atoms with Crippen LogP contribution in [0.5, 0.6) is 11.5 Å². The SMILES string of the molecule is CCc1c(Cl)c(O)c(Cl)c(O)c1C(=O)OC1C(C)OC(OC/C2=C\C=C\CC(O)/C(C)=C/C3CCC4(C)OC(OC3/C(C)=C/C(C)=C/CC(C(C)O)OC2=O)C(O)C(O)C4OC(=O)CC(C)C)C(OC)C1O. The summed E-state index contributed by atoms with van der Waals surface area (Å²) < 4.78 is 47.8. The molecule has 0 amide bonds. The number of aliphatic hydroxyl groups excluding tert-OH is 5. The molecule has 18 nitrogen and oxygen atoms in total. The topological polar surface area (TPSA) is 267 Å². The van der Waals surface area contributed by atoms with Crippen LogP contribution < -0.4 is 0 Å². The Hall–Kier alpha value is -3.89. The number of phenolic OH excluding ortho intramolecular Hbond substituents is 2. The van der Waals surface area contributed by atoms with Crippen LogP contribution in [0.15, 0.2) is 58.7 Å². The molecular weight excluding hydrogens is 983 g/mol. The van der Waals surface area contributed by atoms with E-state index in [4.69, 9.17) is 61.1 Å². The summed E-state index contributed by atoms with van der Waals surface area (Å²) in [5.74, 6) is -4.26. The monoisotopic (exact) mass is 1050 g/mol. The normalized spacial score (nSPS) is 36.9. The number of ether oxygens (including phenoxy) is 8. The van der Waals surface area contributed by atoms with Gasteiger partial charge >= 0.3 is 17.9 Å². The van der Waals surface area contributed by atoms with Crippen molar-refractivity contribution in [3.63, 3.8) is 0 Å². The first kappa shape index (κ1) is 59.0. The van der Waals surface area contributed by atoms with Gasteiger partial charge in [-0.15, -0.1) is 0 Å². The summed E-state index contributed by atoms with van der Waals surface area (Å²) in [5, 5.41) is 76.6. The second-order valence-corrected chi connectivity index (χ2v) is 20.5. The lowest BCUT2D eigenvalue weighted by molar-refractivity contribution is -0.345. The van der Waals surface area contributed by atoms with E-state index in [9.17, 15) is 50.1 Å². The molecule has 15 unspecified atom stereocenters. The van der Waals surface area contributed by atoms with Crippen molar-refractivity contribution in [1.82, 2.24) is 0 Å². The third kappa shape index (κ3) is 13.9. The Bertz CT molecular complexity index is 2250. The smallest absolute Gasteiger partial charge is 0.342 e. The fourth-order valence-electron chi connectivity index (χ4n) is 9.32. The summed E-state index contributed by atoms with van der Waals surface area (Å²) >= 11 is 12.3. The van der Waals surface area contributed by atoms with Crippen LogP contribution in [0.3, 0.4) is 0 Å². The van der Waals surface area contributed by atoms with Gasteiger partial charge in [-0.1, -0.05) is 79.9 Å². The summed E-state index contributed by atoms with van der Waals surface area (Å²) in [6.07, 6.45) is -4.89. The molecule has 0 aliphatic carbocycles. The van der Waals surface area contributed by atoms with Crippen molar-refractivity contribution in [3.8, 4) is 11.5 Å². The van der Waals surface area contributed by atoms with Gasteiger partial charge in [0.25, 0.3) is 0 Å². The number of allylic oxidation sites excluding steroid dienone is 4. The quantitative estimate of drug-likeness (QED) is 0.0762. The molecule has 3 fully saturated rings.